The molecule has 8 heteroatoms. The van der Waals surface area contributed by atoms with Crippen LogP contribution in [0, 0.1) is 5.92 Å². The van der Waals surface area contributed by atoms with E-state index in [0.29, 0.717) is 42.0 Å². The Morgan fingerprint density at radius 2 is 2.07 bits per heavy atom. The zero-order chi connectivity index (χ0) is 20.3. The maximum Gasteiger partial charge on any atom is 0.435 e. The summed E-state index contributed by atoms with van der Waals surface area (Å²) < 4.78 is 46.4. The topological polar surface area (TPSA) is 56.1 Å². The summed E-state index contributed by atoms with van der Waals surface area (Å²) in [6.07, 6.45) is -1.41. The third-order valence-electron chi connectivity index (χ3n) is 5.08. The lowest BCUT2D eigenvalue weighted by atomic mass is 9.95. The number of aryl methyl sites for hydroxylation is 1. The molecule has 1 aromatic carbocycles. The number of hydrogen-bond donors (Lipinski definition) is 1. The van der Waals surface area contributed by atoms with Crippen LogP contribution in [0.2, 0.25) is 0 Å². The molecule has 2 aromatic rings. The molecule has 152 valence electrons. The molecular weight excluding hydrogens is 371 g/mol. The Morgan fingerprint density at radius 1 is 1.32 bits per heavy atom. The Morgan fingerprint density at radius 3 is 2.79 bits per heavy atom. The van der Waals surface area contributed by atoms with E-state index >= 15 is 0 Å². The Bertz CT molecular complexity index is 846. The maximum atomic E-state index is 13.3. The highest BCUT2D eigenvalue weighted by atomic mass is 19.4. The normalized spacial score (nSPS) is 15.0. The summed E-state index contributed by atoms with van der Waals surface area (Å²) >= 11 is 0. The predicted molar refractivity (Wildman–Crippen MR) is 99.3 cm³/mol. The molecule has 5 nitrogen and oxygen atoms in total. The highest BCUT2D eigenvalue weighted by molar-refractivity contribution is 5.92. The smallest absolute Gasteiger partial charge is 0.435 e. The van der Waals surface area contributed by atoms with Crippen molar-refractivity contribution in [3.05, 3.63) is 41.2 Å². The van der Waals surface area contributed by atoms with Gasteiger partial charge in [0.15, 0.2) is 5.69 Å². The first-order chi connectivity index (χ1) is 13.3. The number of carbonyl (C=O) groups is 1. The minimum Gasteiger partial charge on any atom is -0.497 e. The van der Waals surface area contributed by atoms with Gasteiger partial charge in [-0.2, -0.15) is 18.3 Å². The van der Waals surface area contributed by atoms with E-state index in [-0.39, 0.29) is 18.4 Å². The quantitative estimate of drug-likeness (QED) is 0.786. The van der Waals surface area contributed by atoms with Gasteiger partial charge < -0.3 is 10.1 Å². The molecule has 0 bridgehead atoms. The van der Waals surface area contributed by atoms with E-state index in [0.717, 1.165) is 12.8 Å². The van der Waals surface area contributed by atoms with Gasteiger partial charge in [0.1, 0.15) is 5.75 Å². The molecule has 0 radical (unpaired) electrons. The van der Waals surface area contributed by atoms with Crippen LogP contribution < -0.4 is 10.1 Å². The van der Waals surface area contributed by atoms with Crippen LogP contribution in [0.5, 0.6) is 5.75 Å². The van der Waals surface area contributed by atoms with Gasteiger partial charge in [-0.25, -0.2) is 0 Å². The number of fused-ring (bicyclic) bond motifs is 1. The number of anilines is 1. The molecule has 0 fully saturated rings. The number of amides is 1. The van der Waals surface area contributed by atoms with E-state index in [9.17, 15) is 18.0 Å². The lowest BCUT2D eigenvalue weighted by molar-refractivity contribution is -0.142. The molecule has 1 aliphatic rings. The third-order valence-corrected chi connectivity index (χ3v) is 5.08. The van der Waals surface area contributed by atoms with Gasteiger partial charge in [-0.15, -0.1) is 0 Å². The number of ether oxygens (including phenoxy) is 1. The summed E-state index contributed by atoms with van der Waals surface area (Å²) in [6, 6.07) is 7.02. The highest BCUT2D eigenvalue weighted by Crippen LogP contribution is 2.36. The number of rotatable bonds is 6. The lowest BCUT2D eigenvalue weighted by Crippen LogP contribution is -2.22. The number of aromatic nitrogens is 2. The molecule has 3 rings (SSSR count). The van der Waals surface area contributed by atoms with Gasteiger partial charge >= 0.3 is 6.18 Å². The molecule has 1 amide bonds. The minimum absolute atomic E-state index is 0.190. The molecule has 1 N–H and O–H groups in total. The molecule has 1 atom stereocenters. The van der Waals surface area contributed by atoms with Gasteiger partial charge in [0.2, 0.25) is 5.91 Å². The molecular formula is C20H24F3N3O2. The summed E-state index contributed by atoms with van der Waals surface area (Å²) in [5.41, 5.74) is 0.842. The van der Waals surface area contributed by atoms with E-state index in [1.807, 2.05) is 0 Å². The number of nitrogens with one attached hydrogen (secondary N) is 1. The second kappa shape index (κ2) is 8.24. The van der Waals surface area contributed by atoms with Gasteiger partial charge in [-0.1, -0.05) is 13.0 Å². The number of nitrogens with zero attached hydrogens (tertiary/aromatic N) is 2. The summed E-state index contributed by atoms with van der Waals surface area (Å²) in [5.74, 6) is 0.0719. The average Bonchev–Trinajstić information content (AvgIpc) is 3.05. The highest BCUT2D eigenvalue weighted by Gasteiger charge is 2.39. The molecule has 0 saturated heterocycles. The Balaban J connectivity index is 1.66. The largest absolute Gasteiger partial charge is 0.497 e. The van der Waals surface area contributed by atoms with Crippen LogP contribution in [0.4, 0.5) is 18.9 Å². The third kappa shape index (κ3) is 4.48. The number of hydrogen-bond acceptors (Lipinski definition) is 3. The van der Waals surface area contributed by atoms with Crippen molar-refractivity contribution in [2.24, 2.45) is 5.92 Å². The monoisotopic (exact) mass is 395 g/mol. The van der Waals surface area contributed by atoms with Crippen molar-refractivity contribution >= 4 is 11.6 Å². The molecule has 0 spiro atoms. The molecule has 0 saturated carbocycles. The van der Waals surface area contributed by atoms with Crippen molar-refractivity contribution in [2.45, 2.75) is 51.7 Å². The van der Waals surface area contributed by atoms with Crippen LogP contribution in [0.1, 0.15) is 43.1 Å². The molecule has 0 aliphatic heterocycles. The van der Waals surface area contributed by atoms with Gasteiger partial charge in [0.05, 0.1) is 7.11 Å². The van der Waals surface area contributed by atoms with Crippen molar-refractivity contribution in [3.63, 3.8) is 0 Å². The van der Waals surface area contributed by atoms with Crippen molar-refractivity contribution in [2.75, 3.05) is 12.4 Å². The zero-order valence-corrected chi connectivity index (χ0v) is 16.0. The number of alkyl halides is 3. The van der Waals surface area contributed by atoms with Gasteiger partial charge in [-0.05, 0) is 44.2 Å². The standard InChI is InChI=1S/C20H24F3N3O2/c1-13(19(27)24-14-6-5-7-15(12-14)28-2)10-11-26-17-9-4-3-8-16(17)18(25-26)20(21,22)23/h5-7,12-13H,3-4,8-11H2,1-2H3,(H,24,27). The van der Waals surface area contributed by atoms with Crippen molar-refractivity contribution < 1.29 is 22.7 Å². The molecule has 1 heterocycles. The van der Waals surface area contributed by atoms with Crippen LogP contribution in [0.15, 0.2) is 24.3 Å². The summed E-state index contributed by atoms with van der Waals surface area (Å²) in [4.78, 5) is 12.4. The van der Waals surface area contributed by atoms with Crippen LogP contribution in [0.3, 0.4) is 0 Å². The molecule has 28 heavy (non-hydrogen) atoms. The van der Waals surface area contributed by atoms with E-state index in [4.69, 9.17) is 4.74 Å². The van der Waals surface area contributed by atoms with Crippen molar-refractivity contribution in [1.29, 1.82) is 0 Å². The van der Waals surface area contributed by atoms with Gasteiger partial charge in [-0.3, -0.25) is 9.48 Å². The lowest BCUT2D eigenvalue weighted by Gasteiger charge is -2.16. The summed E-state index contributed by atoms with van der Waals surface area (Å²) in [6.45, 7) is 2.04. The fraction of sp³-hybridized carbons (Fsp3) is 0.500. The Labute approximate surface area is 161 Å². The van der Waals surface area contributed by atoms with Gasteiger partial charge in [0, 0.05) is 35.5 Å². The molecule has 1 aliphatic carbocycles. The Hall–Kier alpha value is -2.51. The van der Waals surface area contributed by atoms with E-state index in [2.05, 4.69) is 10.4 Å². The van der Waals surface area contributed by atoms with Crippen LogP contribution in [-0.4, -0.2) is 22.8 Å². The summed E-state index contributed by atoms with van der Waals surface area (Å²) in [5, 5.41) is 6.66. The van der Waals surface area contributed by atoms with E-state index in [1.54, 1.807) is 38.3 Å². The summed E-state index contributed by atoms with van der Waals surface area (Å²) in [7, 11) is 1.55. The average molecular weight is 395 g/mol. The first kappa shape index (κ1) is 20.2. The Kier molecular flexibility index (Phi) is 5.96. The van der Waals surface area contributed by atoms with Crippen LogP contribution >= 0.6 is 0 Å². The first-order valence-corrected chi connectivity index (χ1v) is 9.40. The van der Waals surface area contributed by atoms with E-state index in [1.165, 1.54) is 4.68 Å². The van der Waals surface area contributed by atoms with Crippen molar-refractivity contribution in [3.8, 4) is 5.75 Å². The van der Waals surface area contributed by atoms with Crippen LogP contribution in [0.25, 0.3) is 0 Å². The maximum absolute atomic E-state index is 13.3. The second-order valence-electron chi connectivity index (χ2n) is 7.11. The number of halogens is 3. The van der Waals surface area contributed by atoms with Crippen molar-refractivity contribution in [1.82, 2.24) is 9.78 Å². The number of methoxy groups -OCH3 is 1. The van der Waals surface area contributed by atoms with E-state index < -0.39 is 11.9 Å². The first-order valence-electron chi connectivity index (χ1n) is 9.40. The minimum atomic E-state index is -4.44. The second-order valence-corrected chi connectivity index (χ2v) is 7.11. The number of benzene rings is 1. The fourth-order valence-electron chi connectivity index (χ4n) is 3.50. The van der Waals surface area contributed by atoms with Crippen LogP contribution in [-0.2, 0) is 30.4 Å². The molecule has 1 unspecified atom stereocenters. The molecule has 1 aromatic heterocycles. The van der Waals surface area contributed by atoms with Gasteiger partial charge in [0.25, 0.3) is 0 Å². The fourth-order valence-corrected chi connectivity index (χ4v) is 3.50. The predicted octanol–water partition coefficient (Wildman–Crippen LogP) is 4.45. The SMILES string of the molecule is COc1cccc(NC(=O)C(C)CCn2nc(C(F)(F)F)c3c2CCCC3)c1. The zero-order valence-electron chi connectivity index (χ0n) is 16.0. The number of carbonyl (C=O) groups excluding carboxylic acids is 1.